The van der Waals surface area contributed by atoms with E-state index in [0.29, 0.717) is 96.4 Å². The van der Waals surface area contributed by atoms with Crippen LogP contribution >= 0.6 is 0 Å². The van der Waals surface area contributed by atoms with Crippen LogP contribution in [0.25, 0.3) is 22.1 Å². The predicted octanol–water partition coefficient (Wildman–Crippen LogP) is 3.27. The number of nitrogens with zero attached hydrogens (tertiary/aromatic N) is 10. The van der Waals surface area contributed by atoms with E-state index in [1.165, 1.54) is 37.3 Å². The predicted molar refractivity (Wildman–Crippen MR) is 249 cm³/mol. The lowest BCUT2D eigenvalue weighted by atomic mass is 10.1. The smallest absolute Gasteiger partial charge is 0.407 e. The van der Waals surface area contributed by atoms with Crippen molar-refractivity contribution < 1.29 is 43.4 Å². The van der Waals surface area contributed by atoms with Crippen LogP contribution in [0.1, 0.15) is 66.9 Å². The quantitative estimate of drug-likeness (QED) is 0.0499. The summed E-state index contributed by atoms with van der Waals surface area (Å²) in [7, 11) is 2.77. The van der Waals surface area contributed by atoms with Gasteiger partial charge in [-0.1, -0.05) is 24.0 Å². The Bertz CT molecular complexity index is 3000. The van der Waals surface area contributed by atoms with Gasteiger partial charge >= 0.3 is 6.09 Å². The van der Waals surface area contributed by atoms with Gasteiger partial charge in [0.25, 0.3) is 17.7 Å². The van der Waals surface area contributed by atoms with E-state index in [0.717, 1.165) is 0 Å². The molecule has 356 valence electrons. The number of fused-ring (bicyclic) bond motifs is 2. The third-order valence-corrected chi connectivity index (χ3v) is 11.0. The van der Waals surface area contributed by atoms with Crippen molar-refractivity contribution in [3.63, 3.8) is 0 Å². The first-order valence-electron chi connectivity index (χ1n) is 21.6. The first-order valence-corrected chi connectivity index (χ1v) is 21.6. The first-order chi connectivity index (χ1) is 32.7. The number of allylic oxidation sites excluding steroid dienone is 2. The van der Waals surface area contributed by atoms with Gasteiger partial charge < -0.3 is 34.3 Å². The summed E-state index contributed by atoms with van der Waals surface area (Å²) in [5.74, 6) is 4.68. The Morgan fingerprint density at radius 1 is 0.735 bits per heavy atom. The molecule has 6 aromatic rings. The van der Waals surface area contributed by atoms with Gasteiger partial charge in [0.2, 0.25) is 17.8 Å². The molecular weight excluding hydrogens is 881 g/mol. The molecule has 0 spiro atoms. The number of primary amides is 1. The van der Waals surface area contributed by atoms with Gasteiger partial charge in [0, 0.05) is 63.5 Å². The number of ether oxygens (including phenoxy) is 2. The molecule has 0 saturated carbocycles. The van der Waals surface area contributed by atoms with Crippen LogP contribution in [0.2, 0.25) is 0 Å². The SMILES string of the molecule is CCn1nc(C)cc1C(=O)Nc1nc2cc(C(=O)NOC)cc(OC)c2n1C/C=C/Cn1c(NC(=O)c2cc(C)nn2CC)nc2cc(C(N)=O)cc(OCC#CCN3CCN(C(=O)O)CC3)c21. The van der Waals surface area contributed by atoms with Crippen molar-refractivity contribution in [1.82, 2.24) is 53.9 Å². The second-order valence-electron chi connectivity index (χ2n) is 15.5. The lowest BCUT2D eigenvalue weighted by Gasteiger charge is -2.31. The van der Waals surface area contributed by atoms with Gasteiger partial charge in [-0.15, -0.1) is 0 Å². The van der Waals surface area contributed by atoms with E-state index in [1.54, 1.807) is 50.5 Å². The topological polar surface area (TPSA) is 273 Å². The number of carboxylic acid groups (broad SMARTS) is 1. The molecule has 0 bridgehead atoms. The zero-order valence-electron chi connectivity index (χ0n) is 38.5. The molecule has 68 heavy (non-hydrogen) atoms. The molecule has 0 unspecified atom stereocenters. The number of amides is 5. The number of nitrogens with two attached hydrogens (primary N) is 1. The maximum Gasteiger partial charge on any atom is 0.407 e. The van der Waals surface area contributed by atoms with Crippen molar-refractivity contribution in [3.8, 4) is 23.3 Å². The van der Waals surface area contributed by atoms with Gasteiger partial charge in [0.15, 0.2) is 0 Å². The summed E-state index contributed by atoms with van der Waals surface area (Å²) in [6, 6.07) is 9.43. The number of benzene rings is 2. The van der Waals surface area contributed by atoms with Crippen molar-refractivity contribution in [3.05, 3.63) is 82.5 Å². The van der Waals surface area contributed by atoms with E-state index in [1.807, 2.05) is 30.9 Å². The number of aromatic nitrogens is 8. The molecule has 5 heterocycles. The van der Waals surface area contributed by atoms with Crippen LogP contribution in [0, 0.1) is 25.7 Å². The number of hydrogen-bond donors (Lipinski definition) is 5. The van der Waals surface area contributed by atoms with Crippen molar-refractivity contribution in [2.24, 2.45) is 5.73 Å². The number of hydrogen-bond acceptors (Lipinski definition) is 13. The molecule has 4 aromatic heterocycles. The molecule has 7 rings (SSSR count). The fraction of sp³-hybridized carbons (Fsp3) is 0.356. The third kappa shape index (κ3) is 10.4. The van der Waals surface area contributed by atoms with Crippen molar-refractivity contribution in [2.75, 3.05) is 64.2 Å². The molecule has 6 N–H and O–H groups in total. The molecule has 0 aliphatic carbocycles. The Labute approximate surface area is 389 Å². The Hall–Kier alpha value is -8.23. The van der Waals surface area contributed by atoms with Crippen LogP contribution in [0.5, 0.6) is 11.5 Å². The standard InChI is InChI=1S/C45H52N14O9/c1-7-58-33(21-27(3)51-58)41(62)49-43-48-32-24-30(40(61)53-67-6)26-35(66-5)37(32)56(43)14-9-10-15-57-38-31(47-44(57)50-42(63)34-22-28(4)52-59(34)8-2)23-29(39(46)60)25-36(38)68-20-12-11-13-54-16-18-55(19-17-54)45(64)65/h9-10,21-26H,7-8,13-20H2,1-6H3,(H2,46,60)(H,53,61)(H,64,65)(H,47,50,63)(H,48,49,62)/b10-9+. The molecule has 1 aliphatic heterocycles. The van der Waals surface area contributed by atoms with Gasteiger partial charge in [-0.05, 0) is 64.1 Å². The molecule has 23 nitrogen and oxygen atoms in total. The summed E-state index contributed by atoms with van der Waals surface area (Å²) in [4.78, 5) is 82.1. The highest BCUT2D eigenvalue weighted by Gasteiger charge is 2.24. The van der Waals surface area contributed by atoms with Crippen molar-refractivity contribution >= 4 is 63.7 Å². The molecule has 0 atom stereocenters. The second-order valence-corrected chi connectivity index (χ2v) is 15.5. The van der Waals surface area contributed by atoms with Crippen LogP contribution in [0.3, 0.4) is 0 Å². The highest BCUT2D eigenvalue weighted by atomic mass is 16.6. The number of anilines is 2. The number of rotatable bonds is 17. The largest absolute Gasteiger partial charge is 0.494 e. The van der Waals surface area contributed by atoms with Crippen LogP contribution in [0.15, 0.2) is 48.6 Å². The molecule has 2 aromatic carbocycles. The van der Waals surface area contributed by atoms with Crippen LogP contribution in [0.4, 0.5) is 16.7 Å². The summed E-state index contributed by atoms with van der Waals surface area (Å²) in [5.41, 5.74) is 11.9. The van der Waals surface area contributed by atoms with E-state index < -0.39 is 29.7 Å². The normalized spacial score (nSPS) is 12.9. The van der Waals surface area contributed by atoms with Crippen molar-refractivity contribution in [2.45, 2.75) is 53.9 Å². The third-order valence-electron chi connectivity index (χ3n) is 11.0. The van der Waals surface area contributed by atoms with Gasteiger partial charge in [-0.2, -0.15) is 10.2 Å². The number of imidazole rings is 2. The van der Waals surface area contributed by atoms with E-state index >= 15 is 0 Å². The maximum absolute atomic E-state index is 13.9. The molecule has 5 amide bonds. The highest BCUT2D eigenvalue weighted by Crippen LogP contribution is 2.33. The summed E-state index contributed by atoms with van der Waals surface area (Å²) < 4.78 is 18.6. The monoisotopic (exact) mass is 932 g/mol. The minimum Gasteiger partial charge on any atom is -0.494 e. The lowest BCUT2D eigenvalue weighted by Crippen LogP contribution is -2.48. The van der Waals surface area contributed by atoms with Gasteiger partial charge in [-0.3, -0.25) is 48.9 Å². The van der Waals surface area contributed by atoms with Crippen molar-refractivity contribution in [1.29, 1.82) is 0 Å². The Morgan fingerprint density at radius 3 is 1.76 bits per heavy atom. The van der Waals surface area contributed by atoms with E-state index in [2.05, 4.69) is 38.2 Å². The number of carbonyl (C=O) groups is 5. The number of hydroxylamine groups is 1. The van der Waals surface area contributed by atoms with E-state index in [-0.39, 0.29) is 48.5 Å². The summed E-state index contributed by atoms with van der Waals surface area (Å²) in [5, 5.41) is 23.9. The minimum absolute atomic E-state index is 0.0818. The average Bonchev–Trinajstić information content (AvgIpc) is 4.09. The summed E-state index contributed by atoms with van der Waals surface area (Å²) in [6.07, 6.45) is 2.68. The number of methoxy groups -OCH3 is 1. The Balaban J connectivity index is 1.24. The Kier molecular flexibility index (Phi) is 14.7. The van der Waals surface area contributed by atoms with E-state index in [4.69, 9.17) is 30.0 Å². The Morgan fingerprint density at radius 2 is 1.26 bits per heavy atom. The molecule has 23 heteroatoms. The number of aryl methyl sites for hydroxylation is 4. The zero-order valence-corrected chi connectivity index (χ0v) is 38.5. The second kappa shape index (κ2) is 20.9. The van der Waals surface area contributed by atoms with Crippen LogP contribution < -0.4 is 31.3 Å². The van der Waals surface area contributed by atoms with E-state index in [9.17, 15) is 29.1 Å². The first kappa shape index (κ1) is 47.7. The maximum atomic E-state index is 13.9. The number of carbonyl (C=O) groups excluding carboxylic acids is 4. The van der Waals surface area contributed by atoms with Gasteiger partial charge in [0.1, 0.15) is 40.5 Å². The summed E-state index contributed by atoms with van der Waals surface area (Å²) in [6.45, 7) is 10.6. The van der Waals surface area contributed by atoms with Gasteiger partial charge in [-0.25, -0.2) is 20.2 Å². The minimum atomic E-state index is -0.950. The van der Waals surface area contributed by atoms with Crippen LogP contribution in [-0.4, -0.2) is 137 Å². The molecular formula is C45H52N14O9. The fourth-order valence-electron chi connectivity index (χ4n) is 7.76. The molecule has 0 radical (unpaired) electrons. The number of nitrogens with one attached hydrogen (secondary N) is 3. The molecule has 1 saturated heterocycles. The lowest BCUT2D eigenvalue weighted by molar-refractivity contribution is 0.0537. The molecule has 1 fully saturated rings. The fourth-order valence-corrected chi connectivity index (χ4v) is 7.76. The summed E-state index contributed by atoms with van der Waals surface area (Å²) >= 11 is 0. The highest BCUT2D eigenvalue weighted by molar-refractivity contribution is 6.05. The van der Waals surface area contributed by atoms with Gasteiger partial charge in [0.05, 0.1) is 43.2 Å². The average molecular weight is 933 g/mol. The zero-order chi connectivity index (χ0) is 48.6. The number of piperazine rings is 1. The molecule has 1 aliphatic rings. The van der Waals surface area contributed by atoms with Crippen LogP contribution in [-0.2, 0) is 31.0 Å².